The summed E-state index contributed by atoms with van der Waals surface area (Å²) in [6, 6.07) is 10.8. The topological polar surface area (TPSA) is 21.3 Å². The van der Waals surface area contributed by atoms with E-state index in [2.05, 4.69) is 59.4 Å². The van der Waals surface area contributed by atoms with Crippen LogP contribution in [0.5, 0.6) is 5.75 Å². The lowest BCUT2D eigenvalue weighted by molar-refractivity contribution is 0.179. The van der Waals surface area contributed by atoms with Crippen LogP contribution >= 0.6 is 27.3 Å². The molecule has 0 amide bonds. The quantitative estimate of drug-likeness (QED) is 0.876. The van der Waals surface area contributed by atoms with Crippen molar-refractivity contribution in [1.82, 2.24) is 5.32 Å². The number of hydrogen-bond acceptors (Lipinski definition) is 3. The van der Waals surface area contributed by atoms with Crippen molar-refractivity contribution < 1.29 is 4.74 Å². The van der Waals surface area contributed by atoms with Crippen molar-refractivity contribution in [2.45, 2.75) is 32.4 Å². The second-order valence-electron chi connectivity index (χ2n) is 5.07. The van der Waals surface area contributed by atoms with E-state index in [1.807, 2.05) is 6.07 Å². The van der Waals surface area contributed by atoms with Crippen molar-refractivity contribution in [3.8, 4) is 5.75 Å². The van der Waals surface area contributed by atoms with Crippen LogP contribution < -0.4 is 10.1 Å². The first-order valence-electron chi connectivity index (χ1n) is 6.92. The van der Waals surface area contributed by atoms with Crippen LogP contribution in [0.15, 0.2) is 34.1 Å². The minimum Gasteiger partial charge on any atom is -0.488 e. The average Bonchev–Trinajstić information content (AvgIpc) is 2.99. The third kappa shape index (κ3) is 2.65. The standard InChI is InChI=1S/C16H18BrNOS/c1-3-18-16(12-9-15(17)20-10(12)2)14-8-11-6-4-5-7-13(11)19-14/h4-7,9,14,16,18H,3,8H2,1-2H3. The molecule has 1 aromatic heterocycles. The minimum absolute atomic E-state index is 0.174. The van der Waals surface area contributed by atoms with Crippen LogP contribution in [-0.2, 0) is 6.42 Å². The first kappa shape index (κ1) is 14.1. The van der Waals surface area contributed by atoms with Crippen LogP contribution in [0.25, 0.3) is 0 Å². The maximum Gasteiger partial charge on any atom is 0.123 e. The number of nitrogens with one attached hydrogen (secondary N) is 1. The molecule has 2 aromatic rings. The van der Waals surface area contributed by atoms with Crippen LogP contribution in [0.2, 0.25) is 0 Å². The van der Waals surface area contributed by atoms with Gasteiger partial charge >= 0.3 is 0 Å². The molecular formula is C16H18BrNOS. The summed E-state index contributed by atoms with van der Waals surface area (Å²) in [6.45, 7) is 5.26. The maximum atomic E-state index is 6.17. The predicted octanol–water partition coefficient (Wildman–Crippen LogP) is 4.47. The fourth-order valence-electron chi connectivity index (χ4n) is 2.82. The molecule has 4 heteroatoms. The largest absolute Gasteiger partial charge is 0.488 e. The molecule has 106 valence electrons. The number of halogens is 1. The molecule has 3 rings (SSSR count). The zero-order valence-corrected chi connectivity index (χ0v) is 14.1. The van der Waals surface area contributed by atoms with E-state index in [1.54, 1.807) is 11.3 Å². The number of thiophene rings is 1. The number of likely N-dealkylation sites (N-methyl/N-ethyl adjacent to an activating group) is 1. The Hall–Kier alpha value is -0.840. The lowest BCUT2D eigenvalue weighted by Crippen LogP contribution is -2.35. The van der Waals surface area contributed by atoms with Gasteiger partial charge in [-0.3, -0.25) is 0 Å². The fourth-order valence-corrected chi connectivity index (χ4v) is 4.58. The van der Waals surface area contributed by atoms with Crippen molar-refractivity contribution in [2.24, 2.45) is 0 Å². The minimum atomic E-state index is 0.174. The van der Waals surface area contributed by atoms with Crippen molar-refractivity contribution in [3.05, 3.63) is 50.1 Å². The molecule has 2 atom stereocenters. The first-order valence-corrected chi connectivity index (χ1v) is 8.53. The summed E-state index contributed by atoms with van der Waals surface area (Å²) in [6.07, 6.45) is 1.15. The molecule has 1 aromatic carbocycles. The summed E-state index contributed by atoms with van der Waals surface area (Å²) in [5.74, 6) is 1.03. The Morgan fingerprint density at radius 3 is 2.90 bits per heavy atom. The van der Waals surface area contributed by atoms with E-state index in [9.17, 15) is 0 Å². The zero-order valence-electron chi connectivity index (χ0n) is 11.7. The summed E-state index contributed by atoms with van der Waals surface area (Å²) in [7, 11) is 0. The van der Waals surface area contributed by atoms with Gasteiger partial charge < -0.3 is 10.1 Å². The smallest absolute Gasteiger partial charge is 0.123 e. The molecule has 0 fully saturated rings. The van der Waals surface area contributed by atoms with Gasteiger partial charge in [0.05, 0.1) is 9.83 Å². The number of aryl methyl sites for hydroxylation is 1. The van der Waals surface area contributed by atoms with E-state index >= 15 is 0 Å². The molecule has 1 N–H and O–H groups in total. The third-order valence-electron chi connectivity index (χ3n) is 3.73. The van der Waals surface area contributed by atoms with Gasteiger partial charge in [-0.1, -0.05) is 25.1 Å². The summed E-state index contributed by atoms with van der Waals surface area (Å²) < 4.78 is 7.35. The molecule has 20 heavy (non-hydrogen) atoms. The number of para-hydroxylation sites is 1. The Balaban J connectivity index is 1.88. The lowest BCUT2D eigenvalue weighted by atomic mass is 9.98. The molecule has 0 aliphatic carbocycles. The second kappa shape index (κ2) is 5.88. The van der Waals surface area contributed by atoms with Crippen molar-refractivity contribution in [1.29, 1.82) is 0 Å². The maximum absolute atomic E-state index is 6.17. The van der Waals surface area contributed by atoms with Crippen molar-refractivity contribution in [3.63, 3.8) is 0 Å². The normalized spacial score (nSPS) is 18.6. The first-order chi connectivity index (χ1) is 9.69. The molecular weight excluding hydrogens is 334 g/mol. The molecule has 0 saturated heterocycles. The molecule has 2 unspecified atom stereocenters. The average molecular weight is 352 g/mol. The Kier molecular flexibility index (Phi) is 4.15. The Labute approximate surface area is 132 Å². The highest BCUT2D eigenvalue weighted by Gasteiger charge is 2.32. The summed E-state index contributed by atoms with van der Waals surface area (Å²) in [5.41, 5.74) is 2.66. The van der Waals surface area contributed by atoms with E-state index in [0.29, 0.717) is 0 Å². The van der Waals surface area contributed by atoms with Crippen LogP contribution in [-0.4, -0.2) is 12.6 Å². The highest BCUT2D eigenvalue weighted by Crippen LogP contribution is 2.38. The fraction of sp³-hybridized carbons (Fsp3) is 0.375. The summed E-state index contributed by atoms with van der Waals surface area (Å²) in [4.78, 5) is 1.35. The van der Waals surface area contributed by atoms with Crippen LogP contribution in [0.1, 0.15) is 29.0 Å². The van der Waals surface area contributed by atoms with E-state index in [-0.39, 0.29) is 12.1 Å². The van der Waals surface area contributed by atoms with Crippen LogP contribution in [0.3, 0.4) is 0 Å². The van der Waals surface area contributed by atoms with Gasteiger partial charge in [-0.2, -0.15) is 0 Å². The van der Waals surface area contributed by atoms with Gasteiger partial charge in [0.25, 0.3) is 0 Å². The van der Waals surface area contributed by atoms with Crippen LogP contribution in [0.4, 0.5) is 0 Å². The van der Waals surface area contributed by atoms with E-state index in [1.165, 1.54) is 19.8 Å². The number of rotatable bonds is 4. The highest BCUT2D eigenvalue weighted by molar-refractivity contribution is 9.11. The number of benzene rings is 1. The molecule has 0 spiro atoms. The van der Waals surface area contributed by atoms with Crippen molar-refractivity contribution in [2.75, 3.05) is 6.54 Å². The van der Waals surface area contributed by atoms with Gasteiger partial charge in [-0.15, -0.1) is 11.3 Å². The van der Waals surface area contributed by atoms with Crippen LogP contribution in [0, 0.1) is 6.92 Å². The number of fused-ring (bicyclic) bond motifs is 1. The van der Waals surface area contributed by atoms with Gasteiger partial charge in [0, 0.05) is 11.3 Å². The van der Waals surface area contributed by atoms with Gasteiger partial charge in [-0.05, 0) is 52.7 Å². The zero-order chi connectivity index (χ0) is 14.1. The Morgan fingerprint density at radius 2 is 2.25 bits per heavy atom. The number of hydrogen-bond donors (Lipinski definition) is 1. The predicted molar refractivity (Wildman–Crippen MR) is 87.7 cm³/mol. The van der Waals surface area contributed by atoms with Gasteiger partial charge in [0.15, 0.2) is 0 Å². The van der Waals surface area contributed by atoms with E-state index < -0.39 is 0 Å². The molecule has 2 heterocycles. The SMILES string of the molecule is CCNC(c1cc(Br)sc1C)C1Cc2ccccc2O1. The molecule has 2 nitrogen and oxygen atoms in total. The lowest BCUT2D eigenvalue weighted by Gasteiger charge is -2.24. The molecule has 1 aliphatic rings. The van der Waals surface area contributed by atoms with Gasteiger partial charge in [0.2, 0.25) is 0 Å². The van der Waals surface area contributed by atoms with E-state index in [0.717, 1.165) is 18.7 Å². The monoisotopic (exact) mass is 351 g/mol. The molecule has 0 bridgehead atoms. The highest BCUT2D eigenvalue weighted by atomic mass is 79.9. The Bertz CT molecular complexity index is 585. The molecule has 1 aliphatic heterocycles. The van der Waals surface area contributed by atoms with Crippen molar-refractivity contribution >= 4 is 27.3 Å². The number of ether oxygens (including phenoxy) is 1. The van der Waals surface area contributed by atoms with Gasteiger partial charge in [-0.25, -0.2) is 0 Å². The summed E-state index contributed by atoms with van der Waals surface area (Å²) >= 11 is 5.38. The third-order valence-corrected chi connectivity index (χ3v) is 5.30. The molecule has 0 saturated carbocycles. The van der Waals surface area contributed by atoms with E-state index in [4.69, 9.17) is 4.74 Å². The van der Waals surface area contributed by atoms with Gasteiger partial charge in [0.1, 0.15) is 11.9 Å². The summed E-state index contributed by atoms with van der Waals surface area (Å²) in [5, 5.41) is 3.59. The Morgan fingerprint density at radius 1 is 1.45 bits per heavy atom. The second-order valence-corrected chi connectivity index (χ2v) is 7.70. The molecule has 0 radical (unpaired) electrons.